The average Bonchev–Trinajstić information content (AvgIpc) is 3.07. The highest BCUT2D eigenvalue weighted by Crippen LogP contribution is 2.16. The topological polar surface area (TPSA) is 61.6 Å². The number of hydrogen-bond donors (Lipinski definition) is 1. The Morgan fingerprint density at radius 1 is 1.30 bits per heavy atom. The first-order chi connectivity index (χ1) is 11.2. The van der Waals surface area contributed by atoms with Gasteiger partial charge in [0.15, 0.2) is 0 Å². The number of pyridine rings is 1. The van der Waals surface area contributed by atoms with Gasteiger partial charge >= 0.3 is 0 Å². The smallest absolute Gasteiger partial charge is 0.234 e. The Kier molecular flexibility index (Phi) is 4.87. The molecule has 1 N–H and O–H groups in total. The van der Waals surface area contributed by atoms with Crippen LogP contribution in [0.5, 0.6) is 0 Å². The Bertz CT molecular complexity index is 639. The fourth-order valence-corrected chi connectivity index (χ4v) is 2.61. The van der Waals surface area contributed by atoms with Crippen LogP contribution in [0.25, 0.3) is 0 Å². The van der Waals surface area contributed by atoms with E-state index in [1.165, 1.54) is 12.3 Å². The second-order valence-electron chi connectivity index (χ2n) is 5.46. The molecule has 0 atom stereocenters. The van der Waals surface area contributed by atoms with Crippen molar-refractivity contribution >= 4 is 11.6 Å². The van der Waals surface area contributed by atoms with E-state index in [0.29, 0.717) is 13.1 Å². The summed E-state index contributed by atoms with van der Waals surface area (Å²) in [6.07, 6.45) is 3.06. The third-order valence-corrected chi connectivity index (χ3v) is 3.85. The Morgan fingerprint density at radius 3 is 2.83 bits per heavy atom. The Hall–Kier alpha value is -2.41. The highest BCUT2D eigenvalue weighted by Gasteiger charge is 2.19. The minimum Gasteiger partial charge on any atom is -0.467 e. The maximum atomic E-state index is 13.2. The Labute approximate surface area is 133 Å². The van der Waals surface area contributed by atoms with Gasteiger partial charge in [0.1, 0.15) is 5.76 Å². The Morgan fingerprint density at radius 2 is 2.13 bits per heavy atom. The summed E-state index contributed by atoms with van der Waals surface area (Å²) in [7, 11) is 0. The minimum absolute atomic E-state index is 0.0233. The predicted molar refractivity (Wildman–Crippen MR) is 83.4 cm³/mol. The monoisotopic (exact) mass is 318 g/mol. The average molecular weight is 318 g/mol. The van der Waals surface area contributed by atoms with E-state index < -0.39 is 5.95 Å². The van der Waals surface area contributed by atoms with E-state index in [9.17, 15) is 9.18 Å². The second kappa shape index (κ2) is 7.23. The first-order valence-electron chi connectivity index (χ1n) is 7.58. The minimum atomic E-state index is -0.470. The van der Waals surface area contributed by atoms with E-state index in [1.54, 1.807) is 18.4 Å². The molecule has 7 heteroatoms. The van der Waals surface area contributed by atoms with E-state index >= 15 is 0 Å². The van der Waals surface area contributed by atoms with E-state index in [2.05, 4.69) is 20.1 Å². The van der Waals surface area contributed by atoms with Crippen LogP contribution in [-0.4, -0.2) is 48.5 Å². The highest BCUT2D eigenvalue weighted by atomic mass is 19.1. The molecule has 0 spiro atoms. The molecule has 2 aromatic heterocycles. The maximum Gasteiger partial charge on any atom is 0.234 e. The zero-order chi connectivity index (χ0) is 16.1. The number of furan rings is 1. The summed E-state index contributed by atoms with van der Waals surface area (Å²) in [5.41, 5.74) is 0.833. The molecule has 2 aromatic rings. The summed E-state index contributed by atoms with van der Waals surface area (Å²) >= 11 is 0. The number of carbonyl (C=O) groups is 1. The van der Waals surface area contributed by atoms with Crippen LogP contribution in [0.2, 0.25) is 0 Å². The van der Waals surface area contributed by atoms with Crippen molar-refractivity contribution < 1.29 is 13.6 Å². The fourth-order valence-electron chi connectivity index (χ4n) is 2.61. The molecule has 0 bridgehead atoms. The van der Waals surface area contributed by atoms with Crippen molar-refractivity contribution in [1.29, 1.82) is 0 Å². The molecule has 0 saturated carbocycles. The molecule has 1 saturated heterocycles. The summed E-state index contributed by atoms with van der Waals surface area (Å²) in [6.45, 7) is 3.81. The van der Waals surface area contributed by atoms with Crippen molar-refractivity contribution in [1.82, 2.24) is 15.2 Å². The first kappa shape index (κ1) is 15.5. The number of rotatable bonds is 5. The van der Waals surface area contributed by atoms with Gasteiger partial charge in [0.25, 0.3) is 0 Å². The van der Waals surface area contributed by atoms with Crippen LogP contribution < -0.4 is 10.2 Å². The van der Waals surface area contributed by atoms with Gasteiger partial charge in [-0.05, 0) is 18.2 Å². The SMILES string of the molecule is O=C(CN1CCN(c2ccnc(F)c2)CC1)NCc1ccco1. The molecular formula is C16H19FN4O2. The van der Waals surface area contributed by atoms with Crippen LogP contribution in [0.1, 0.15) is 5.76 Å². The molecule has 0 aromatic carbocycles. The molecule has 1 fully saturated rings. The zero-order valence-corrected chi connectivity index (χ0v) is 12.7. The van der Waals surface area contributed by atoms with Crippen molar-refractivity contribution in [2.24, 2.45) is 0 Å². The van der Waals surface area contributed by atoms with Crippen molar-refractivity contribution in [3.8, 4) is 0 Å². The lowest BCUT2D eigenvalue weighted by Gasteiger charge is -2.35. The van der Waals surface area contributed by atoms with Crippen LogP contribution >= 0.6 is 0 Å². The molecule has 1 aliphatic heterocycles. The lowest BCUT2D eigenvalue weighted by molar-refractivity contribution is -0.122. The van der Waals surface area contributed by atoms with E-state index in [4.69, 9.17) is 4.42 Å². The molecule has 0 aliphatic carbocycles. The fraction of sp³-hybridized carbons (Fsp3) is 0.375. The Balaban J connectivity index is 1.43. The number of halogens is 1. The van der Waals surface area contributed by atoms with Gasteiger partial charge in [-0.2, -0.15) is 4.39 Å². The van der Waals surface area contributed by atoms with Gasteiger partial charge in [0.05, 0.1) is 19.4 Å². The number of aromatic nitrogens is 1. The summed E-state index contributed by atoms with van der Waals surface area (Å²) in [4.78, 5) is 19.7. The van der Waals surface area contributed by atoms with Crippen LogP contribution in [0.3, 0.4) is 0 Å². The zero-order valence-electron chi connectivity index (χ0n) is 12.7. The van der Waals surface area contributed by atoms with Gasteiger partial charge in [-0.25, -0.2) is 4.98 Å². The molecule has 122 valence electrons. The van der Waals surface area contributed by atoms with Gasteiger partial charge in [0.2, 0.25) is 11.9 Å². The molecule has 23 heavy (non-hydrogen) atoms. The quantitative estimate of drug-likeness (QED) is 0.841. The van der Waals surface area contributed by atoms with Gasteiger partial charge < -0.3 is 14.6 Å². The lowest BCUT2D eigenvalue weighted by Crippen LogP contribution is -2.49. The van der Waals surface area contributed by atoms with E-state index in [0.717, 1.165) is 37.6 Å². The number of piperazine rings is 1. The third kappa shape index (κ3) is 4.29. The molecule has 3 heterocycles. The number of amides is 1. The summed E-state index contributed by atoms with van der Waals surface area (Å²) < 4.78 is 18.3. The molecule has 0 radical (unpaired) electrons. The molecule has 0 unspecified atom stereocenters. The molecule has 1 aliphatic rings. The largest absolute Gasteiger partial charge is 0.467 e. The molecule has 6 nitrogen and oxygen atoms in total. The van der Waals surface area contributed by atoms with Gasteiger partial charge in [0, 0.05) is 44.1 Å². The maximum absolute atomic E-state index is 13.2. The third-order valence-electron chi connectivity index (χ3n) is 3.85. The van der Waals surface area contributed by atoms with E-state index in [-0.39, 0.29) is 5.91 Å². The molecule has 3 rings (SSSR count). The molecular weight excluding hydrogens is 299 g/mol. The normalized spacial score (nSPS) is 15.6. The predicted octanol–water partition coefficient (Wildman–Crippen LogP) is 1.25. The van der Waals surface area contributed by atoms with Gasteiger partial charge in [-0.3, -0.25) is 9.69 Å². The van der Waals surface area contributed by atoms with Crippen LogP contribution in [0.4, 0.5) is 10.1 Å². The summed E-state index contributed by atoms with van der Waals surface area (Å²) in [5.74, 6) is 0.245. The van der Waals surface area contributed by atoms with Crippen molar-refractivity contribution in [2.45, 2.75) is 6.54 Å². The van der Waals surface area contributed by atoms with Crippen LogP contribution in [0.15, 0.2) is 41.1 Å². The number of nitrogens with one attached hydrogen (secondary N) is 1. The van der Waals surface area contributed by atoms with Crippen molar-refractivity contribution in [3.05, 3.63) is 48.4 Å². The van der Waals surface area contributed by atoms with Crippen molar-refractivity contribution in [2.75, 3.05) is 37.6 Å². The number of hydrogen-bond acceptors (Lipinski definition) is 5. The van der Waals surface area contributed by atoms with Gasteiger partial charge in [-0.15, -0.1) is 0 Å². The second-order valence-corrected chi connectivity index (χ2v) is 5.46. The molecule has 1 amide bonds. The number of anilines is 1. The highest BCUT2D eigenvalue weighted by molar-refractivity contribution is 5.78. The van der Waals surface area contributed by atoms with Crippen LogP contribution in [0, 0.1) is 5.95 Å². The van der Waals surface area contributed by atoms with Crippen LogP contribution in [-0.2, 0) is 11.3 Å². The first-order valence-corrected chi connectivity index (χ1v) is 7.58. The van der Waals surface area contributed by atoms with E-state index in [1.807, 2.05) is 6.07 Å². The van der Waals surface area contributed by atoms with Crippen molar-refractivity contribution in [3.63, 3.8) is 0 Å². The summed E-state index contributed by atoms with van der Waals surface area (Å²) in [5, 5.41) is 2.84. The lowest BCUT2D eigenvalue weighted by atomic mass is 10.2. The standard InChI is InChI=1S/C16H19FN4O2/c17-15-10-13(3-4-18-15)21-7-5-20(6-8-21)12-16(22)19-11-14-2-1-9-23-14/h1-4,9-10H,5-8,11-12H2,(H,19,22). The number of carbonyl (C=O) groups excluding carboxylic acids is 1. The number of nitrogens with zero attached hydrogens (tertiary/aromatic N) is 3. The summed E-state index contributed by atoms with van der Waals surface area (Å²) in [6, 6.07) is 6.86. The van der Waals surface area contributed by atoms with Gasteiger partial charge in [-0.1, -0.05) is 0 Å².